The first-order chi connectivity index (χ1) is 6.94. The van der Waals surface area contributed by atoms with Gasteiger partial charge in [-0.1, -0.05) is 0 Å². The lowest BCUT2D eigenvalue weighted by Gasteiger charge is -2.06. The van der Waals surface area contributed by atoms with Gasteiger partial charge in [-0.05, 0) is 13.0 Å². The van der Waals surface area contributed by atoms with Gasteiger partial charge in [-0.15, -0.1) is 0 Å². The van der Waals surface area contributed by atoms with E-state index in [1.165, 1.54) is 0 Å². The van der Waals surface area contributed by atoms with E-state index in [2.05, 4.69) is 0 Å². The van der Waals surface area contributed by atoms with Crippen molar-refractivity contribution in [2.75, 3.05) is 6.61 Å². The minimum absolute atomic E-state index is 0.0754. The monoisotopic (exact) mass is 215 g/mol. The van der Waals surface area contributed by atoms with Gasteiger partial charge in [0, 0.05) is 0 Å². The van der Waals surface area contributed by atoms with E-state index in [0.717, 1.165) is 6.07 Å². The van der Waals surface area contributed by atoms with Crippen molar-refractivity contribution in [3.05, 3.63) is 39.4 Å². The van der Waals surface area contributed by atoms with Crippen LogP contribution in [0, 0.1) is 21.7 Å². The van der Waals surface area contributed by atoms with Crippen molar-refractivity contribution in [1.29, 1.82) is 0 Å². The molecule has 1 aromatic rings. The van der Waals surface area contributed by atoms with Gasteiger partial charge in [0.05, 0.1) is 23.2 Å². The second-order valence-electron chi connectivity index (χ2n) is 3.56. The second-order valence-corrected chi connectivity index (χ2v) is 3.56. The summed E-state index contributed by atoms with van der Waals surface area (Å²) in [5.74, 6) is -2.33. The van der Waals surface area contributed by atoms with E-state index in [0.29, 0.717) is 6.07 Å². The predicted octanol–water partition coefficient (Wildman–Crippen LogP) is 2.12. The standard InChI is InChI=1S/C9H7F2NO3/c1-9(4-15-9)5-2-6(10)7(11)3-8(5)12(13)14/h2-3H,4H2,1H3. The maximum Gasteiger partial charge on any atom is 0.278 e. The number of rotatable bonds is 2. The minimum Gasteiger partial charge on any atom is -0.365 e. The van der Waals surface area contributed by atoms with Crippen LogP contribution >= 0.6 is 0 Å². The molecule has 0 aliphatic carbocycles. The van der Waals surface area contributed by atoms with Gasteiger partial charge in [0.15, 0.2) is 11.6 Å². The summed E-state index contributed by atoms with van der Waals surface area (Å²) < 4.78 is 30.7. The Morgan fingerprint density at radius 3 is 2.47 bits per heavy atom. The summed E-state index contributed by atoms with van der Waals surface area (Å²) in [5, 5.41) is 10.6. The SMILES string of the molecule is CC1(c2cc(F)c(F)cc2[N+](=O)[O-])CO1. The lowest BCUT2D eigenvalue weighted by Crippen LogP contribution is -2.08. The molecule has 0 radical (unpaired) electrons. The van der Waals surface area contributed by atoms with E-state index in [9.17, 15) is 18.9 Å². The molecule has 1 saturated heterocycles. The number of nitro groups is 1. The molecule has 80 valence electrons. The highest BCUT2D eigenvalue weighted by atomic mass is 19.2. The average Bonchev–Trinajstić information content (AvgIpc) is 2.88. The van der Waals surface area contributed by atoms with Gasteiger partial charge in [-0.25, -0.2) is 8.78 Å². The Kier molecular flexibility index (Phi) is 1.97. The summed E-state index contributed by atoms with van der Waals surface area (Å²) >= 11 is 0. The summed E-state index contributed by atoms with van der Waals surface area (Å²) in [6.07, 6.45) is 0. The van der Waals surface area contributed by atoms with E-state index in [1.54, 1.807) is 6.92 Å². The Morgan fingerprint density at radius 2 is 2.00 bits per heavy atom. The van der Waals surface area contributed by atoms with Crippen molar-refractivity contribution in [2.45, 2.75) is 12.5 Å². The van der Waals surface area contributed by atoms with E-state index in [4.69, 9.17) is 4.74 Å². The van der Waals surface area contributed by atoms with Crippen LogP contribution in [0.15, 0.2) is 12.1 Å². The molecule has 1 heterocycles. The molecule has 0 amide bonds. The summed E-state index contributed by atoms with van der Waals surface area (Å²) in [6.45, 7) is 1.87. The van der Waals surface area contributed by atoms with E-state index >= 15 is 0 Å². The first kappa shape index (κ1) is 9.97. The molecule has 4 nitrogen and oxygen atoms in total. The van der Waals surface area contributed by atoms with Crippen LogP contribution in [0.3, 0.4) is 0 Å². The van der Waals surface area contributed by atoms with Gasteiger partial charge >= 0.3 is 0 Å². The Balaban J connectivity index is 2.61. The molecule has 1 atom stereocenters. The number of ether oxygens (including phenoxy) is 1. The fourth-order valence-electron chi connectivity index (χ4n) is 1.37. The molecular weight excluding hydrogens is 208 g/mol. The first-order valence-electron chi connectivity index (χ1n) is 4.22. The van der Waals surface area contributed by atoms with E-state index in [1.807, 2.05) is 0 Å². The van der Waals surface area contributed by atoms with Crippen LogP contribution in [0.2, 0.25) is 0 Å². The molecule has 0 saturated carbocycles. The van der Waals surface area contributed by atoms with Crippen molar-refractivity contribution in [3.8, 4) is 0 Å². The third kappa shape index (κ3) is 1.56. The van der Waals surface area contributed by atoms with E-state index in [-0.39, 0.29) is 12.2 Å². The van der Waals surface area contributed by atoms with Crippen molar-refractivity contribution in [2.24, 2.45) is 0 Å². The lowest BCUT2D eigenvalue weighted by molar-refractivity contribution is -0.386. The molecule has 1 aliphatic rings. The number of benzene rings is 1. The second kappa shape index (κ2) is 2.96. The Hall–Kier alpha value is -1.56. The molecule has 1 unspecified atom stereocenters. The maximum atomic E-state index is 12.9. The zero-order chi connectivity index (χ0) is 11.2. The van der Waals surface area contributed by atoms with Crippen LogP contribution in [-0.4, -0.2) is 11.5 Å². The van der Waals surface area contributed by atoms with E-state index < -0.39 is 27.8 Å². The van der Waals surface area contributed by atoms with Crippen LogP contribution in [-0.2, 0) is 10.3 Å². The van der Waals surface area contributed by atoms with Crippen LogP contribution in [0.4, 0.5) is 14.5 Å². The summed E-state index contributed by atoms with van der Waals surface area (Å²) in [6, 6.07) is 1.40. The van der Waals surface area contributed by atoms with Gasteiger partial charge in [-0.3, -0.25) is 10.1 Å². The van der Waals surface area contributed by atoms with Gasteiger partial charge in [0.2, 0.25) is 0 Å². The molecule has 0 N–H and O–H groups in total. The fourth-order valence-corrected chi connectivity index (χ4v) is 1.37. The van der Waals surface area contributed by atoms with Crippen LogP contribution in [0.5, 0.6) is 0 Å². The molecule has 0 aromatic heterocycles. The highest BCUT2D eigenvalue weighted by Crippen LogP contribution is 2.43. The summed E-state index contributed by atoms with van der Waals surface area (Å²) in [5.41, 5.74) is -1.22. The van der Waals surface area contributed by atoms with Crippen molar-refractivity contribution >= 4 is 5.69 Å². The van der Waals surface area contributed by atoms with Crippen LogP contribution in [0.25, 0.3) is 0 Å². The fraction of sp³-hybridized carbons (Fsp3) is 0.333. The predicted molar refractivity (Wildman–Crippen MR) is 46.3 cm³/mol. The summed E-state index contributed by atoms with van der Waals surface area (Å²) in [4.78, 5) is 9.88. The Bertz CT molecular complexity index is 443. The van der Waals surface area contributed by atoms with Gasteiger partial charge in [0.1, 0.15) is 5.60 Å². The molecular formula is C9H7F2NO3. The third-order valence-electron chi connectivity index (χ3n) is 2.38. The van der Waals surface area contributed by atoms with Crippen molar-refractivity contribution in [1.82, 2.24) is 0 Å². The molecule has 15 heavy (non-hydrogen) atoms. The minimum atomic E-state index is -1.23. The summed E-state index contributed by atoms with van der Waals surface area (Å²) in [7, 11) is 0. The highest BCUT2D eigenvalue weighted by molar-refractivity contribution is 5.46. The number of hydrogen-bond donors (Lipinski definition) is 0. The average molecular weight is 215 g/mol. The van der Waals surface area contributed by atoms with Gasteiger partial charge in [0.25, 0.3) is 5.69 Å². The molecule has 0 bridgehead atoms. The Labute approximate surface area is 83.6 Å². The molecule has 6 heteroatoms. The quantitative estimate of drug-likeness (QED) is 0.431. The smallest absolute Gasteiger partial charge is 0.278 e. The van der Waals surface area contributed by atoms with Crippen LogP contribution < -0.4 is 0 Å². The molecule has 1 aliphatic heterocycles. The number of nitro benzene ring substituents is 1. The number of nitrogens with zero attached hydrogens (tertiary/aromatic N) is 1. The molecule has 1 fully saturated rings. The zero-order valence-electron chi connectivity index (χ0n) is 7.79. The third-order valence-corrected chi connectivity index (χ3v) is 2.38. The van der Waals surface area contributed by atoms with Crippen molar-refractivity contribution < 1.29 is 18.4 Å². The topological polar surface area (TPSA) is 55.7 Å². The highest BCUT2D eigenvalue weighted by Gasteiger charge is 2.46. The number of hydrogen-bond acceptors (Lipinski definition) is 3. The van der Waals surface area contributed by atoms with Gasteiger partial charge in [-0.2, -0.15) is 0 Å². The maximum absolute atomic E-state index is 12.9. The largest absolute Gasteiger partial charge is 0.365 e. The number of halogens is 2. The Morgan fingerprint density at radius 1 is 1.47 bits per heavy atom. The lowest BCUT2D eigenvalue weighted by atomic mass is 10.00. The molecule has 0 spiro atoms. The van der Waals surface area contributed by atoms with Crippen LogP contribution in [0.1, 0.15) is 12.5 Å². The number of epoxide rings is 1. The molecule has 1 aromatic carbocycles. The first-order valence-corrected chi connectivity index (χ1v) is 4.22. The van der Waals surface area contributed by atoms with Crippen molar-refractivity contribution in [3.63, 3.8) is 0 Å². The molecule has 2 rings (SSSR count). The normalized spacial score (nSPS) is 23.9. The van der Waals surface area contributed by atoms with Gasteiger partial charge < -0.3 is 4.74 Å². The zero-order valence-corrected chi connectivity index (χ0v) is 7.79.